The quantitative estimate of drug-likeness (QED) is 0.847. The molecule has 0 aliphatic heterocycles. The summed E-state index contributed by atoms with van der Waals surface area (Å²) in [5, 5.41) is 11.9. The number of aliphatic hydroxyl groups is 1. The molecule has 21 heavy (non-hydrogen) atoms. The molecule has 0 heterocycles. The van der Waals surface area contributed by atoms with Gasteiger partial charge in [0, 0.05) is 12.6 Å². The fraction of sp³-hybridized carbons (Fsp3) is 0.588. The Balaban J connectivity index is 2.16. The normalized spacial score (nSPS) is 18.4. The molecular formula is C17H24FNO2. The monoisotopic (exact) mass is 293 g/mol. The zero-order chi connectivity index (χ0) is 15.3. The van der Waals surface area contributed by atoms with E-state index in [1.165, 1.54) is 12.1 Å². The highest BCUT2D eigenvalue weighted by Gasteiger charge is 2.43. The summed E-state index contributed by atoms with van der Waals surface area (Å²) in [6, 6.07) is 6.45. The van der Waals surface area contributed by atoms with E-state index in [-0.39, 0.29) is 24.4 Å². The highest BCUT2D eigenvalue weighted by Crippen LogP contribution is 2.41. The van der Waals surface area contributed by atoms with Crippen molar-refractivity contribution in [2.75, 3.05) is 6.61 Å². The third-order valence-electron chi connectivity index (χ3n) is 4.44. The summed E-state index contributed by atoms with van der Waals surface area (Å²) < 4.78 is 13.5. The number of hydrogen-bond acceptors (Lipinski definition) is 2. The van der Waals surface area contributed by atoms with E-state index in [1.807, 2.05) is 13.0 Å². The van der Waals surface area contributed by atoms with Crippen LogP contribution in [-0.2, 0) is 10.2 Å². The molecule has 1 unspecified atom stereocenters. The van der Waals surface area contributed by atoms with E-state index >= 15 is 0 Å². The van der Waals surface area contributed by atoms with Gasteiger partial charge >= 0.3 is 0 Å². The van der Waals surface area contributed by atoms with E-state index < -0.39 is 5.41 Å². The molecule has 1 atom stereocenters. The Bertz CT molecular complexity index is 483. The van der Waals surface area contributed by atoms with Crippen LogP contribution in [0.2, 0.25) is 0 Å². The molecule has 0 radical (unpaired) electrons. The standard InChI is InChI=1S/C17H24FNO2/c1-13(6-5-11-20)19-16(21)17(9-2-3-10-17)14-7-4-8-15(18)12-14/h4,7-8,12-13,20H,2-3,5-6,9-11H2,1H3,(H,19,21). The van der Waals surface area contributed by atoms with Crippen LogP contribution in [-0.4, -0.2) is 23.7 Å². The van der Waals surface area contributed by atoms with Crippen LogP contribution in [0.5, 0.6) is 0 Å². The van der Waals surface area contributed by atoms with Crippen molar-refractivity contribution in [3.05, 3.63) is 35.6 Å². The lowest BCUT2D eigenvalue weighted by Crippen LogP contribution is -2.46. The maximum absolute atomic E-state index is 13.5. The van der Waals surface area contributed by atoms with Gasteiger partial charge in [0.05, 0.1) is 5.41 Å². The second-order valence-corrected chi connectivity index (χ2v) is 6.04. The second kappa shape index (κ2) is 7.03. The van der Waals surface area contributed by atoms with Gasteiger partial charge in [0.2, 0.25) is 5.91 Å². The van der Waals surface area contributed by atoms with Crippen molar-refractivity contribution in [2.24, 2.45) is 0 Å². The van der Waals surface area contributed by atoms with Crippen molar-refractivity contribution in [3.8, 4) is 0 Å². The molecule has 0 saturated heterocycles. The molecule has 2 N–H and O–H groups in total. The van der Waals surface area contributed by atoms with Gasteiger partial charge in [0.15, 0.2) is 0 Å². The Morgan fingerprint density at radius 2 is 2.14 bits per heavy atom. The molecule has 0 aromatic heterocycles. The van der Waals surface area contributed by atoms with E-state index in [0.29, 0.717) is 6.42 Å². The third kappa shape index (κ3) is 3.62. The van der Waals surface area contributed by atoms with E-state index in [1.54, 1.807) is 6.07 Å². The van der Waals surface area contributed by atoms with Crippen LogP contribution < -0.4 is 5.32 Å². The van der Waals surface area contributed by atoms with Crippen molar-refractivity contribution in [3.63, 3.8) is 0 Å². The first-order chi connectivity index (χ1) is 10.1. The zero-order valence-corrected chi connectivity index (χ0v) is 12.6. The highest BCUT2D eigenvalue weighted by atomic mass is 19.1. The number of hydrogen-bond donors (Lipinski definition) is 2. The van der Waals surface area contributed by atoms with Gasteiger partial charge in [-0.2, -0.15) is 0 Å². The number of carbonyl (C=O) groups excluding carboxylic acids is 1. The summed E-state index contributed by atoms with van der Waals surface area (Å²) in [4.78, 5) is 12.8. The maximum Gasteiger partial charge on any atom is 0.230 e. The van der Waals surface area contributed by atoms with Gasteiger partial charge < -0.3 is 10.4 Å². The van der Waals surface area contributed by atoms with Crippen LogP contribution in [0.1, 0.15) is 51.0 Å². The molecule has 0 spiro atoms. The van der Waals surface area contributed by atoms with E-state index in [0.717, 1.165) is 37.7 Å². The van der Waals surface area contributed by atoms with Gasteiger partial charge in [-0.3, -0.25) is 4.79 Å². The molecule has 1 aromatic carbocycles. The molecular weight excluding hydrogens is 269 g/mol. The summed E-state index contributed by atoms with van der Waals surface area (Å²) in [5.74, 6) is -0.295. The van der Waals surface area contributed by atoms with Crippen LogP contribution in [0.4, 0.5) is 4.39 Å². The zero-order valence-electron chi connectivity index (χ0n) is 12.6. The molecule has 116 valence electrons. The van der Waals surface area contributed by atoms with Gasteiger partial charge in [-0.15, -0.1) is 0 Å². The minimum Gasteiger partial charge on any atom is -0.396 e. The number of rotatable bonds is 6. The fourth-order valence-electron chi connectivity index (χ4n) is 3.24. The van der Waals surface area contributed by atoms with Crippen LogP contribution in [0.3, 0.4) is 0 Å². The van der Waals surface area contributed by atoms with Gasteiger partial charge in [0.25, 0.3) is 0 Å². The molecule has 1 aromatic rings. The topological polar surface area (TPSA) is 49.3 Å². The Labute approximate surface area is 125 Å². The van der Waals surface area contributed by atoms with E-state index in [9.17, 15) is 9.18 Å². The van der Waals surface area contributed by atoms with Crippen LogP contribution in [0.15, 0.2) is 24.3 Å². The number of nitrogens with one attached hydrogen (secondary N) is 1. The predicted molar refractivity (Wildman–Crippen MR) is 80.5 cm³/mol. The van der Waals surface area contributed by atoms with E-state index in [4.69, 9.17) is 5.11 Å². The van der Waals surface area contributed by atoms with Crippen LogP contribution >= 0.6 is 0 Å². The van der Waals surface area contributed by atoms with Crippen molar-refractivity contribution in [1.29, 1.82) is 0 Å². The SMILES string of the molecule is CC(CCCO)NC(=O)C1(c2cccc(F)c2)CCCC1. The first-order valence-electron chi connectivity index (χ1n) is 7.76. The average molecular weight is 293 g/mol. The lowest BCUT2D eigenvalue weighted by Gasteiger charge is -2.30. The number of benzene rings is 1. The summed E-state index contributed by atoms with van der Waals surface area (Å²) in [6.45, 7) is 2.08. The first kappa shape index (κ1) is 16.0. The average Bonchev–Trinajstić information content (AvgIpc) is 2.96. The Kier molecular flexibility index (Phi) is 5.34. The van der Waals surface area contributed by atoms with E-state index in [2.05, 4.69) is 5.32 Å². The van der Waals surface area contributed by atoms with Gasteiger partial charge in [-0.05, 0) is 50.3 Å². The fourth-order valence-corrected chi connectivity index (χ4v) is 3.24. The Morgan fingerprint density at radius 3 is 2.76 bits per heavy atom. The summed E-state index contributed by atoms with van der Waals surface area (Å²) in [6.07, 6.45) is 4.96. The highest BCUT2D eigenvalue weighted by molar-refractivity contribution is 5.88. The lowest BCUT2D eigenvalue weighted by molar-refractivity contribution is -0.127. The van der Waals surface area contributed by atoms with Gasteiger partial charge in [0.1, 0.15) is 5.82 Å². The summed E-state index contributed by atoms with van der Waals surface area (Å²) in [7, 11) is 0. The molecule has 2 rings (SSSR count). The minimum absolute atomic E-state index is 0.00367. The summed E-state index contributed by atoms with van der Waals surface area (Å²) in [5.41, 5.74) is 0.196. The van der Waals surface area contributed by atoms with Gasteiger partial charge in [-0.25, -0.2) is 4.39 Å². The molecule has 0 bridgehead atoms. The van der Waals surface area contributed by atoms with Crippen molar-refractivity contribution < 1.29 is 14.3 Å². The van der Waals surface area contributed by atoms with Crippen LogP contribution in [0.25, 0.3) is 0 Å². The number of amides is 1. The van der Waals surface area contributed by atoms with Crippen LogP contribution in [0, 0.1) is 5.82 Å². The largest absolute Gasteiger partial charge is 0.396 e. The molecule has 1 aliphatic carbocycles. The van der Waals surface area contributed by atoms with Crippen molar-refractivity contribution in [1.82, 2.24) is 5.32 Å². The molecule has 1 aliphatic rings. The molecule has 1 saturated carbocycles. The Morgan fingerprint density at radius 1 is 1.43 bits per heavy atom. The minimum atomic E-state index is -0.588. The first-order valence-corrected chi connectivity index (χ1v) is 7.76. The molecule has 1 amide bonds. The Hall–Kier alpha value is -1.42. The lowest BCUT2D eigenvalue weighted by atomic mass is 9.77. The molecule has 3 nitrogen and oxygen atoms in total. The number of carbonyl (C=O) groups is 1. The van der Waals surface area contributed by atoms with Gasteiger partial charge in [-0.1, -0.05) is 25.0 Å². The molecule has 1 fully saturated rings. The summed E-state index contributed by atoms with van der Waals surface area (Å²) >= 11 is 0. The predicted octanol–water partition coefficient (Wildman–Crippen LogP) is 2.91. The number of aliphatic hydroxyl groups excluding tert-OH is 1. The number of halogens is 1. The smallest absolute Gasteiger partial charge is 0.230 e. The second-order valence-electron chi connectivity index (χ2n) is 6.04. The molecule has 4 heteroatoms. The maximum atomic E-state index is 13.5. The van der Waals surface area contributed by atoms with Crippen molar-refractivity contribution >= 4 is 5.91 Å². The van der Waals surface area contributed by atoms with Crippen molar-refractivity contribution in [2.45, 2.75) is 56.9 Å². The third-order valence-corrected chi connectivity index (χ3v) is 4.44.